The number of rotatable bonds is 6. The third-order valence-corrected chi connectivity index (χ3v) is 4.69. The Hall–Kier alpha value is -3.43. The van der Waals surface area contributed by atoms with Crippen molar-refractivity contribution in [3.05, 3.63) is 76.9 Å². The van der Waals surface area contributed by atoms with Crippen LogP contribution in [0.15, 0.2) is 65.8 Å². The SMILES string of the molecule is C#CCOc1ccccc1/C=N\NC(=O)c1ccc(-c2ccc(F)cc2)s1. The van der Waals surface area contributed by atoms with Crippen LogP contribution in [0.25, 0.3) is 10.4 Å². The lowest BCUT2D eigenvalue weighted by molar-refractivity contribution is 0.0959. The minimum absolute atomic E-state index is 0.151. The van der Waals surface area contributed by atoms with Crippen molar-refractivity contribution in [2.45, 2.75) is 0 Å². The van der Waals surface area contributed by atoms with Crippen molar-refractivity contribution in [3.8, 4) is 28.5 Å². The van der Waals surface area contributed by atoms with Crippen molar-refractivity contribution in [1.29, 1.82) is 0 Å². The molecule has 0 aliphatic rings. The maximum atomic E-state index is 13.0. The average Bonchev–Trinajstić information content (AvgIpc) is 3.18. The Morgan fingerprint density at radius 1 is 1.19 bits per heavy atom. The summed E-state index contributed by atoms with van der Waals surface area (Å²) in [6, 6.07) is 16.9. The first-order valence-electron chi connectivity index (χ1n) is 8.02. The molecule has 2 aromatic carbocycles. The van der Waals surface area contributed by atoms with Gasteiger partial charge in [0.1, 0.15) is 18.2 Å². The lowest BCUT2D eigenvalue weighted by atomic mass is 10.2. The van der Waals surface area contributed by atoms with E-state index in [-0.39, 0.29) is 18.3 Å². The van der Waals surface area contributed by atoms with E-state index in [1.807, 2.05) is 18.2 Å². The van der Waals surface area contributed by atoms with Gasteiger partial charge in [-0.05, 0) is 42.0 Å². The number of hydrazone groups is 1. The first-order valence-corrected chi connectivity index (χ1v) is 8.83. The van der Waals surface area contributed by atoms with E-state index in [0.29, 0.717) is 16.2 Å². The smallest absolute Gasteiger partial charge is 0.281 e. The predicted octanol–water partition coefficient (Wildman–Crippen LogP) is 4.33. The van der Waals surface area contributed by atoms with Gasteiger partial charge in [0.2, 0.25) is 0 Å². The molecule has 0 spiro atoms. The molecule has 3 rings (SSSR count). The monoisotopic (exact) mass is 378 g/mol. The van der Waals surface area contributed by atoms with Gasteiger partial charge < -0.3 is 4.74 Å². The summed E-state index contributed by atoms with van der Waals surface area (Å²) in [4.78, 5) is 13.6. The zero-order chi connectivity index (χ0) is 19.1. The van der Waals surface area contributed by atoms with Crippen LogP contribution in [0.4, 0.5) is 4.39 Å². The molecular formula is C21H15FN2O2S. The minimum atomic E-state index is -0.327. The Labute approximate surface area is 160 Å². The van der Waals surface area contributed by atoms with Crippen LogP contribution >= 0.6 is 11.3 Å². The highest BCUT2D eigenvalue weighted by Crippen LogP contribution is 2.28. The van der Waals surface area contributed by atoms with Gasteiger partial charge in [-0.15, -0.1) is 17.8 Å². The molecule has 3 aromatic rings. The number of terminal acetylenes is 1. The Bertz CT molecular complexity index is 1000. The number of carbonyl (C=O) groups excluding carboxylic acids is 1. The van der Waals surface area contributed by atoms with Crippen LogP contribution in [-0.4, -0.2) is 18.7 Å². The fourth-order valence-corrected chi connectivity index (χ4v) is 3.18. The number of amides is 1. The zero-order valence-electron chi connectivity index (χ0n) is 14.2. The molecule has 0 fully saturated rings. The van der Waals surface area contributed by atoms with Crippen molar-refractivity contribution in [2.24, 2.45) is 5.10 Å². The summed E-state index contributed by atoms with van der Waals surface area (Å²) in [5.41, 5.74) is 4.04. The van der Waals surface area contributed by atoms with Crippen molar-refractivity contribution >= 4 is 23.5 Å². The van der Waals surface area contributed by atoms with E-state index < -0.39 is 0 Å². The summed E-state index contributed by atoms with van der Waals surface area (Å²) in [6.07, 6.45) is 6.70. The molecule has 0 radical (unpaired) electrons. The first kappa shape index (κ1) is 18.4. The van der Waals surface area contributed by atoms with Crippen molar-refractivity contribution < 1.29 is 13.9 Å². The molecule has 1 heterocycles. The molecule has 0 aliphatic heterocycles. The van der Waals surface area contributed by atoms with E-state index in [9.17, 15) is 9.18 Å². The molecule has 27 heavy (non-hydrogen) atoms. The fraction of sp³-hybridized carbons (Fsp3) is 0.0476. The lowest BCUT2D eigenvalue weighted by Gasteiger charge is -2.05. The average molecular weight is 378 g/mol. The molecule has 0 aliphatic carbocycles. The number of carbonyl (C=O) groups is 1. The van der Waals surface area contributed by atoms with E-state index in [2.05, 4.69) is 16.4 Å². The van der Waals surface area contributed by atoms with E-state index in [4.69, 9.17) is 11.2 Å². The molecule has 1 aromatic heterocycles. The summed E-state index contributed by atoms with van der Waals surface area (Å²) >= 11 is 1.31. The highest BCUT2D eigenvalue weighted by Gasteiger charge is 2.10. The number of benzene rings is 2. The third-order valence-electron chi connectivity index (χ3n) is 3.56. The quantitative estimate of drug-likeness (QED) is 0.394. The molecule has 6 heteroatoms. The summed E-state index contributed by atoms with van der Waals surface area (Å²) in [5.74, 6) is 2.36. The standard InChI is InChI=1S/C21H15FN2O2S/c1-2-13-26-18-6-4-3-5-16(18)14-23-24-21(25)20-12-11-19(27-20)15-7-9-17(22)10-8-15/h1,3-12,14H,13H2,(H,24,25)/b23-14-. The van der Waals surface area contributed by atoms with Crippen LogP contribution in [0.1, 0.15) is 15.2 Å². The molecule has 134 valence electrons. The summed E-state index contributed by atoms with van der Waals surface area (Å²) < 4.78 is 18.4. The van der Waals surface area contributed by atoms with Crippen LogP contribution in [-0.2, 0) is 0 Å². The van der Waals surface area contributed by atoms with E-state index in [1.54, 1.807) is 30.3 Å². The number of hydrogen-bond donors (Lipinski definition) is 1. The van der Waals surface area contributed by atoms with Crippen LogP contribution in [0.3, 0.4) is 0 Å². The molecule has 4 nitrogen and oxygen atoms in total. The molecule has 0 atom stereocenters. The molecule has 0 unspecified atom stereocenters. The zero-order valence-corrected chi connectivity index (χ0v) is 15.0. The van der Waals surface area contributed by atoms with Crippen LogP contribution < -0.4 is 10.2 Å². The molecule has 0 saturated carbocycles. The topological polar surface area (TPSA) is 50.7 Å². The highest BCUT2D eigenvalue weighted by atomic mass is 32.1. The van der Waals surface area contributed by atoms with Gasteiger partial charge in [-0.3, -0.25) is 4.79 Å². The number of ether oxygens (including phenoxy) is 1. The number of nitrogens with one attached hydrogen (secondary N) is 1. The predicted molar refractivity (Wildman–Crippen MR) is 106 cm³/mol. The van der Waals surface area contributed by atoms with Gasteiger partial charge in [0.15, 0.2) is 0 Å². The highest BCUT2D eigenvalue weighted by molar-refractivity contribution is 7.17. The second-order valence-electron chi connectivity index (χ2n) is 5.40. The largest absolute Gasteiger partial charge is 0.480 e. The van der Waals surface area contributed by atoms with E-state index in [0.717, 1.165) is 10.4 Å². The van der Waals surface area contributed by atoms with Gasteiger partial charge in [0.25, 0.3) is 5.91 Å². The Kier molecular flexibility index (Phi) is 5.98. The molecule has 0 bridgehead atoms. The van der Waals surface area contributed by atoms with Crippen molar-refractivity contribution in [2.75, 3.05) is 6.61 Å². The van der Waals surface area contributed by atoms with Gasteiger partial charge in [0.05, 0.1) is 11.1 Å². The van der Waals surface area contributed by atoms with Crippen molar-refractivity contribution in [1.82, 2.24) is 5.43 Å². The second-order valence-corrected chi connectivity index (χ2v) is 6.48. The molecule has 1 N–H and O–H groups in total. The number of hydrogen-bond acceptors (Lipinski definition) is 4. The molecular weight excluding hydrogens is 363 g/mol. The number of nitrogens with zero attached hydrogens (tertiary/aromatic N) is 1. The van der Waals surface area contributed by atoms with Gasteiger partial charge in [-0.1, -0.05) is 30.2 Å². The molecule has 1 amide bonds. The van der Waals surface area contributed by atoms with Crippen LogP contribution in [0.2, 0.25) is 0 Å². The normalized spacial score (nSPS) is 10.5. The maximum absolute atomic E-state index is 13.0. The number of thiophene rings is 1. The van der Waals surface area contributed by atoms with Gasteiger partial charge in [-0.25, -0.2) is 9.82 Å². The Morgan fingerprint density at radius 3 is 2.74 bits per heavy atom. The third kappa shape index (κ3) is 4.81. The van der Waals surface area contributed by atoms with Crippen molar-refractivity contribution in [3.63, 3.8) is 0 Å². The summed E-state index contributed by atoms with van der Waals surface area (Å²) in [6.45, 7) is 0.151. The van der Waals surface area contributed by atoms with Crippen LogP contribution in [0.5, 0.6) is 5.75 Å². The Morgan fingerprint density at radius 2 is 1.96 bits per heavy atom. The lowest BCUT2D eigenvalue weighted by Crippen LogP contribution is -2.16. The number of para-hydroxylation sites is 1. The summed E-state index contributed by atoms with van der Waals surface area (Å²) in [5, 5.41) is 3.98. The van der Waals surface area contributed by atoms with Crippen LogP contribution in [0, 0.1) is 18.2 Å². The Balaban J connectivity index is 1.66. The fourth-order valence-electron chi connectivity index (χ4n) is 2.28. The van der Waals surface area contributed by atoms with E-state index in [1.165, 1.54) is 29.7 Å². The molecule has 0 saturated heterocycles. The van der Waals surface area contributed by atoms with Gasteiger partial charge >= 0.3 is 0 Å². The second kappa shape index (κ2) is 8.79. The number of halogens is 1. The van der Waals surface area contributed by atoms with Gasteiger partial charge in [-0.2, -0.15) is 5.10 Å². The van der Waals surface area contributed by atoms with E-state index >= 15 is 0 Å². The maximum Gasteiger partial charge on any atom is 0.281 e. The minimum Gasteiger partial charge on any atom is -0.480 e. The summed E-state index contributed by atoms with van der Waals surface area (Å²) in [7, 11) is 0. The van der Waals surface area contributed by atoms with Gasteiger partial charge in [0, 0.05) is 10.4 Å². The first-order chi connectivity index (χ1) is 13.2.